The number of hydrogen-bond acceptors (Lipinski definition) is 9. The molecule has 3 aromatic heterocycles. The highest BCUT2D eigenvalue weighted by Gasteiger charge is 2.73. The lowest BCUT2D eigenvalue weighted by atomic mass is 9.88. The van der Waals surface area contributed by atoms with Gasteiger partial charge in [-0.2, -0.15) is 0 Å². The molecule has 1 N–H and O–H groups in total. The third-order valence-corrected chi connectivity index (χ3v) is 14.0. The van der Waals surface area contributed by atoms with Gasteiger partial charge in [-0.3, -0.25) is 39.2 Å². The van der Waals surface area contributed by atoms with Crippen LogP contribution in [-0.2, 0) is 21.4 Å². The lowest BCUT2D eigenvalue weighted by Crippen LogP contribution is -2.58. The van der Waals surface area contributed by atoms with Gasteiger partial charge in [-0.1, -0.05) is 44.2 Å². The van der Waals surface area contributed by atoms with Crippen molar-refractivity contribution in [3.8, 4) is 22.8 Å². The molecule has 0 spiro atoms. The van der Waals surface area contributed by atoms with E-state index in [0.717, 1.165) is 96.7 Å². The van der Waals surface area contributed by atoms with Crippen LogP contribution in [0.25, 0.3) is 32.9 Å². The van der Waals surface area contributed by atoms with Crippen LogP contribution in [-0.4, -0.2) is 85.7 Å². The number of amides is 5. The summed E-state index contributed by atoms with van der Waals surface area (Å²) < 4.78 is 14.4. The summed E-state index contributed by atoms with van der Waals surface area (Å²) in [5.41, 5.74) is 4.84. The third kappa shape index (κ3) is 6.40. The van der Waals surface area contributed by atoms with Crippen molar-refractivity contribution in [2.24, 2.45) is 17.9 Å². The van der Waals surface area contributed by atoms with Gasteiger partial charge in [0.25, 0.3) is 11.8 Å². The lowest BCUT2D eigenvalue weighted by molar-refractivity contribution is -0.147. The van der Waals surface area contributed by atoms with Crippen molar-refractivity contribution in [1.82, 2.24) is 29.7 Å². The average molecular weight is 809 g/mol. The highest BCUT2D eigenvalue weighted by molar-refractivity contribution is 6.23. The minimum Gasteiger partial charge on any atom is -0.494 e. The summed E-state index contributed by atoms with van der Waals surface area (Å²) in [4.78, 5) is 75.7. The summed E-state index contributed by atoms with van der Waals surface area (Å²) in [5.74, 6) is -0.688. The zero-order valence-corrected chi connectivity index (χ0v) is 33.8. The Morgan fingerprint density at radius 1 is 0.850 bits per heavy atom. The molecule has 0 radical (unpaired) electrons. The van der Waals surface area contributed by atoms with E-state index >= 15 is 0 Å². The number of likely N-dealkylation sites (tertiary alicyclic amines) is 1. The van der Waals surface area contributed by atoms with E-state index in [9.17, 15) is 24.0 Å². The zero-order chi connectivity index (χ0) is 41.2. The smallest absolute Gasteiger partial charge is 0.262 e. The molecule has 3 atom stereocenters. The second-order valence-corrected chi connectivity index (χ2v) is 17.4. The van der Waals surface area contributed by atoms with Crippen molar-refractivity contribution in [2.75, 3.05) is 19.7 Å². The molecule has 2 aliphatic carbocycles. The first-order valence-corrected chi connectivity index (χ1v) is 21.4. The molecule has 13 heteroatoms. The number of unbranched alkanes of at least 4 members (excludes halogenated alkanes) is 4. The van der Waals surface area contributed by atoms with Crippen LogP contribution in [0.4, 0.5) is 0 Å². The summed E-state index contributed by atoms with van der Waals surface area (Å²) >= 11 is 0. The van der Waals surface area contributed by atoms with Gasteiger partial charge in [0, 0.05) is 60.0 Å². The molecule has 308 valence electrons. The maximum atomic E-state index is 13.9. The molecule has 2 aromatic carbocycles. The van der Waals surface area contributed by atoms with Crippen LogP contribution < -0.4 is 14.8 Å². The molecule has 5 aromatic rings. The summed E-state index contributed by atoms with van der Waals surface area (Å²) in [6.07, 6.45) is 16.3. The molecule has 60 heavy (non-hydrogen) atoms. The number of nitrogens with one attached hydrogen (secondary N) is 1. The van der Waals surface area contributed by atoms with Crippen molar-refractivity contribution in [1.29, 1.82) is 0 Å². The SMILES string of the molecule is Cn1c2ccncc2c2ccc(-c3ccc(OC4CN(C(=O)C56CCCC5(CCCCCCCOc5ccc7c(c5)C(=O)N(C5CCC(=O)NC5=O)C7=O)C6)C4)nc3)cc21. The molecule has 13 nitrogen and oxygen atoms in total. The Balaban J connectivity index is 0.643. The molecule has 2 saturated heterocycles. The van der Waals surface area contributed by atoms with Crippen molar-refractivity contribution in [2.45, 2.75) is 89.2 Å². The van der Waals surface area contributed by atoms with Gasteiger partial charge >= 0.3 is 0 Å². The highest BCUT2D eigenvalue weighted by Crippen LogP contribution is 2.76. The number of carbonyl (C=O) groups is 5. The molecule has 3 unspecified atom stereocenters. The molecule has 4 fully saturated rings. The summed E-state index contributed by atoms with van der Waals surface area (Å²) in [6.45, 7) is 1.70. The fourth-order valence-corrected chi connectivity index (χ4v) is 10.6. The number of nitrogens with zero attached hydrogens (tertiary/aromatic N) is 5. The topological polar surface area (TPSA) is 153 Å². The van der Waals surface area contributed by atoms with Crippen LogP contribution in [0.3, 0.4) is 0 Å². The van der Waals surface area contributed by atoms with Crippen molar-refractivity contribution >= 4 is 51.3 Å². The quantitative estimate of drug-likeness (QED) is 0.0948. The predicted octanol–water partition coefficient (Wildman–Crippen LogP) is 6.76. The number of aromatic nitrogens is 3. The fraction of sp³-hybridized carbons (Fsp3) is 0.426. The van der Waals surface area contributed by atoms with Crippen LogP contribution in [0.1, 0.15) is 97.8 Å². The predicted molar refractivity (Wildman–Crippen MR) is 222 cm³/mol. The van der Waals surface area contributed by atoms with Crippen LogP contribution in [0.5, 0.6) is 11.6 Å². The lowest BCUT2D eigenvalue weighted by Gasteiger charge is -2.41. The number of aryl methyl sites for hydroxylation is 1. The summed E-state index contributed by atoms with van der Waals surface area (Å²) in [5, 5.41) is 4.54. The van der Waals surface area contributed by atoms with E-state index in [1.165, 1.54) is 5.39 Å². The molecule has 5 amide bonds. The van der Waals surface area contributed by atoms with Gasteiger partial charge in [-0.25, -0.2) is 4.98 Å². The van der Waals surface area contributed by atoms with Crippen LogP contribution in [0.15, 0.2) is 73.2 Å². The monoisotopic (exact) mass is 808 g/mol. The standard InChI is InChI=1S/C47H48N6O7/c1-51-37-16-20-48-25-36(37)33-11-8-29(22-39(33)51)30-9-15-41(49-24-30)60-32-26-52(27-32)45(58)47-19-7-18-46(47,28-47)17-5-3-2-4-6-21-59-31-10-12-34-35(23-31)44(57)53(43(34)56)38-13-14-40(54)50-42(38)55/h8-12,15-16,20,22-25,32,38H,2-7,13-14,17-19,21,26-28H2,1H3,(H,50,54,55). The molecule has 5 aliphatic rings. The Labute approximate surface area is 347 Å². The normalized spacial score (nSPS) is 23.5. The Kier molecular flexibility index (Phi) is 9.44. The number of rotatable bonds is 14. The summed E-state index contributed by atoms with van der Waals surface area (Å²) in [6, 6.07) is 16.3. The number of benzene rings is 2. The minimum atomic E-state index is -0.990. The van der Waals surface area contributed by atoms with Crippen molar-refractivity contribution in [3.63, 3.8) is 0 Å². The van der Waals surface area contributed by atoms with E-state index in [0.29, 0.717) is 37.2 Å². The number of piperidine rings is 1. The van der Waals surface area contributed by atoms with E-state index in [1.807, 2.05) is 41.7 Å². The van der Waals surface area contributed by atoms with Crippen molar-refractivity contribution in [3.05, 3.63) is 84.3 Å². The van der Waals surface area contributed by atoms with E-state index < -0.39 is 29.7 Å². The van der Waals surface area contributed by atoms with Crippen LogP contribution >= 0.6 is 0 Å². The summed E-state index contributed by atoms with van der Waals surface area (Å²) in [7, 11) is 2.08. The Morgan fingerprint density at radius 3 is 2.50 bits per heavy atom. The van der Waals surface area contributed by atoms with Crippen LogP contribution in [0, 0.1) is 10.8 Å². The first-order valence-electron chi connectivity index (χ1n) is 21.4. The largest absolute Gasteiger partial charge is 0.494 e. The second kappa shape index (κ2) is 14.9. The third-order valence-electron chi connectivity index (χ3n) is 14.0. The van der Waals surface area contributed by atoms with Gasteiger partial charge in [0.05, 0.1) is 41.8 Å². The van der Waals surface area contributed by atoms with E-state index in [4.69, 9.17) is 9.47 Å². The molecule has 3 aliphatic heterocycles. The second-order valence-electron chi connectivity index (χ2n) is 17.4. The zero-order valence-electron chi connectivity index (χ0n) is 33.8. The van der Waals surface area contributed by atoms with Gasteiger partial charge in [0.15, 0.2) is 0 Å². The molecular formula is C47H48N6O7. The maximum Gasteiger partial charge on any atom is 0.262 e. The number of ether oxygens (including phenoxy) is 2. The minimum absolute atomic E-state index is 0.0484. The van der Waals surface area contributed by atoms with E-state index in [1.54, 1.807) is 18.2 Å². The van der Waals surface area contributed by atoms with Crippen LogP contribution in [0.2, 0.25) is 0 Å². The molecule has 0 bridgehead atoms. The number of carbonyl (C=O) groups excluding carboxylic acids is 5. The number of pyridine rings is 2. The maximum absolute atomic E-state index is 13.9. The van der Waals surface area contributed by atoms with E-state index in [2.05, 4.69) is 45.1 Å². The highest BCUT2D eigenvalue weighted by atomic mass is 16.5. The Hall–Kier alpha value is -6.11. The van der Waals surface area contributed by atoms with Gasteiger partial charge in [0.1, 0.15) is 17.9 Å². The first-order chi connectivity index (χ1) is 29.1. The average Bonchev–Trinajstić information content (AvgIpc) is 3.43. The van der Waals surface area contributed by atoms with Gasteiger partial charge < -0.3 is 18.9 Å². The van der Waals surface area contributed by atoms with Crippen molar-refractivity contribution < 1.29 is 33.4 Å². The molecule has 10 rings (SSSR count). The molecule has 2 saturated carbocycles. The Morgan fingerprint density at radius 2 is 1.67 bits per heavy atom. The fourth-order valence-electron chi connectivity index (χ4n) is 10.6. The Bertz CT molecular complexity index is 2580. The van der Waals surface area contributed by atoms with E-state index in [-0.39, 0.29) is 40.9 Å². The number of fused-ring (bicyclic) bond motifs is 5. The van der Waals surface area contributed by atoms with Gasteiger partial charge in [-0.05, 0) is 85.9 Å². The van der Waals surface area contributed by atoms with Gasteiger partial charge in [0.2, 0.25) is 23.6 Å². The first kappa shape index (κ1) is 38.1. The molecule has 6 heterocycles. The van der Waals surface area contributed by atoms with Gasteiger partial charge in [-0.15, -0.1) is 0 Å². The number of hydrogen-bond donors (Lipinski definition) is 1. The molecular weight excluding hydrogens is 761 g/mol. The number of imide groups is 2.